The highest BCUT2D eigenvalue weighted by molar-refractivity contribution is 7.89. The fourth-order valence-corrected chi connectivity index (χ4v) is 3.73. The summed E-state index contributed by atoms with van der Waals surface area (Å²) in [5, 5.41) is 6.55. The molecule has 1 fully saturated rings. The van der Waals surface area contributed by atoms with Gasteiger partial charge in [-0.1, -0.05) is 0 Å². The van der Waals surface area contributed by atoms with Gasteiger partial charge in [-0.05, 0) is 6.92 Å². The maximum Gasteiger partial charge on any atom is 0.317 e. The number of aromatic nitrogens is 2. The van der Waals surface area contributed by atoms with Crippen LogP contribution < -0.4 is 11.1 Å². The van der Waals surface area contributed by atoms with Crippen molar-refractivity contribution >= 4 is 21.9 Å². The smallest absolute Gasteiger partial charge is 0.317 e. The molecular formula is C11H20N6O3S. The molecule has 2 heterocycles. The van der Waals surface area contributed by atoms with Crippen LogP contribution in [0.4, 0.5) is 10.6 Å². The summed E-state index contributed by atoms with van der Waals surface area (Å²) in [5.74, 6) is -0.0105. The summed E-state index contributed by atoms with van der Waals surface area (Å²) in [4.78, 5) is 13.3. The van der Waals surface area contributed by atoms with Gasteiger partial charge >= 0.3 is 6.03 Å². The number of piperazine rings is 1. The number of carbonyl (C=O) groups is 1. The molecule has 0 aliphatic carbocycles. The van der Waals surface area contributed by atoms with Crippen LogP contribution in [-0.4, -0.2) is 66.2 Å². The Morgan fingerprint density at radius 2 is 2.00 bits per heavy atom. The van der Waals surface area contributed by atoms with Gasteiger partial charge in [-0.2, -0.15) is 9.40 Å². The number of rotatable bonds is 3. The molecule has 1 aromatic heterocycles. The lowest BCUT2D eigenvalue weighted by molar-refractivity contribution is 0.173. The second kappa shape index (κ2) is 5.90. The zero-order valence-corrected chi connectivity index (χ0v) is 12.9. The average molecular weight is 316 g/mol. The molecule has 9 nitrogen and oxygen atoms in total. The van der Waals surface area contributed by atoms with Crippen molar-refractivity contribution in [3.05, 3.63) is 6.20 Å². The summed E-state index contributed by atoms with van der Waals surface area (Å²) in [7, 11) is -2.05. The van der Waals surface area contributed by atoms with Crippen LogP contribution in [0.5, 0.6) is 0 Å². The molecule has 0 bridgehead atoms. The molecule has 1 aromatic rings. The Morgan fingerprint density at radius 1 is 1.38 bits per heavy atom. The number of nitrogens with two attached hydrogens (primary N) is 1. The minimum atomic E-state index is -3.67. The normalized spacial score (nSPS) is 17.0. The molecule has 0 atom stereocenters. The number of nitrogens with zero attached hydrogens (tertiary/aromatic N) is 4. The van der Waals surface area contributed by atoms with E-state index in [0.29, 0.717) is 19.6 Å². The van der Waals surface area contributed by atoms with Crippen molar-refractivity contribution < 1.29 is 13.2 Å². The molecule has 2 rings (SSSR count). The van der Waals surface area contributed by atoms with E-state index >= 15 is 0 Å². The first kappa shape index (κ1) is 15.6. The predicted octanol–water partition coefficient (Wildman–Crippen LogP) is -0.962. The number of hydrogen-bond acceptors (Lipinski definition) is 5. The minimum Gasteiger partial charge on any atom is -0.381 e. The number of hydrogen-bond donors (Lipinski definition) is 2. The van der Waals surface area contributed by atoms with Gasteiger partial charge < -0.3 is 16.0 Å². The summed E-state index contributed by atoms with van der Waals surface area (Å²) in [6, 6.07) is -0.171. The topological polar surface area (TPSA) is 114 Å². The Bertz CT molecular complexity index is 618. The zero-order chi connectivity index (χ0) is 15.6. The van der Waals surface area contributed by atoms with Crippen LogP contribution in [0.3, 0.4) is 0 Å². The lowest BCUT2D eigenvalue weighted by Crippen LogP contribution is -2.53. The van der Waals surface area contributed by atoms with Gasteiger partial charge in [-0.25, -0.2) is 13.2 Å². The maximum atomic E-state index is 12.5. The fraction of sp³-hybridized carbons (Fsp3) is 0.636. The number of aryl methyl sites for hydroxylation is 1. The molecule has 0 aromatic carbocycles. The molecule has 0 unspecified atom stereocenters. The van der Waals surface area contributed by atoms with E-state index < -0.39 is 10.0 Å². The lowest BCUT2D eigenvalue weighted by atomic mass is 10.4. The molecule has 1 aliphatic heterocycles. The summed E-state index contributed by atoms with van der Waals surface area (Å²) in [6.07, 6.45) is 1.39. The molecule has 0 spiro atoms. The highest BCUT2D eigenvalue weighted by Crippen LogP contribution is 2.21. The first-order chi connectivity index (χ1) is 9.86. The van der Waals surface area contributed by atoms with Gasteiger partial charge in [0.25, 0.3) is 0 Å². The summed E-state index contributed by atoms with van der Waals surface area (Å²) in [5.41, 5.74) is 5.64. The SMILES string of the molecule is CCNC(=O)N1CCN(S(=O)(=O)c2cn(C)nc2N)CC1. The molecule has 21 heavy (non-hydrogen) atoms. The van der Waals surface area contributed by atoms with Crippen LogP contribution in [-0.2, 0) is 17.1 Å². The average Bonchev–Trinajstić information content (AvgIpc) is 2.79. The predicted molar refractivity (Wildman–Crippen MR) is 77.0 cm³/mol. The van der Waals surface area contributed by atoms with E-state index in [9.17, 15) is 13.2 Å². The molecule has 118 valence electrons. The quantitative estimate of drug-likeness (QED) is 0.745. The Morgan fingerprint density at radius 3 is 2.48 bits per heavy atom. The van der Waals surface area contributed by atoms with Crippen molar-refractivity contribution in [2.45, 2.75) is 11.8 Å². The van der Waals surface area contributed by atoms with Crippen molar-refractivity contribution in [2.24, 2.45) is 7.05 Å². The molecular weight excluding hydrogens is 296 g/mol. The van der Waals surface area contributed by atoms with Gasteiger partial charge in [0.2, 0.25) is 10.0 Å². The van der Waals surface area contributed by atoms with Gasteiger partial charge in [-0.3, -0.25) is 4.68 Å². The molecule has 0 radical (unpaired) electrons. The highest BCUT2D eigenvalue weighted by atomic mass is 32.2. The second-order valence-corrected chi connectivity index (χ2v) is 6.69. The van der Waals surface area contributed by atoms with Crippen molar-refractivity contribution in [2.75, 3.05) is 38.5 Å². The molecule has 3 N–H and O–H groups in total. The zero-order valence-electron chi connectivity index (χ0n) is 12.1. The Kier molecular flexibility index (Phi) is 4.37. The number of amides is 2. The summed E-state index contributed by atoms with van der Waals surface area (Å²) < 4.78 is 27.7. The summed E-state index contributed by atoms with van der Waals surface area (Å²) in [6.45, 7) is 3.57. The van der Waals surface area contributed by atoms with Crippen LogP contribution >= 0.6 is 0 Å². The molecule has 10 heteroatoms. The first-order valence-electron chi connectivity index (χ1n) is 6.68. The van der Waals surface area contributed by atoms with Crippen molar-refractivity contribution in [3.8, 4) is 0 Å². The number of nitrogens with one attached hydrogen (secondary N) is 1. The van der Waals surface area contributed by atoms with E-state index in [-0.39, 0.29) is 29.8 Å². The first-order valence-corrected chi connectivity index (χ1v) is 8.12. The van der Waals surface area contributed by atoms with Crippen LogP contribution in [0.2, 0.25) is 0 Å². The van der Waals surface area contributed by atoms with E-state index in [1.807, 2.05) is 6.92 Å². The number of anilines is 1. The molecule has 0 saturated carbocycles. The molecule has 1 saturated heterocycles. The van der Waals surface area contributed by atoms with Crippen LogP contribution in [0, 0.1) is 0 Å². The van der Waals surface area contributed by atoms with Crippen LogP contribution in [0.1, 0.15) is 6.92 Å². The van der Waals surface area contributed by atoms with Crippen molar-refractivity contribution in [1.29, 1.82) is 0 Å². The van der Waals surface area contributed by atoms with Crippen LogP contribution in [0.25, 0.3) is 0 Å². The Balaban J connectivity index is 2.08. The van der Waals surface area contributed by atoms with Crippen molar-refractivity contribution in [3.63, 3.8) is 0 Å². The molecule has 1 aliphatic rings. The van der Waals surface area contributed by atoms with E-state index in [0.717, 1.165) is 0 Å². The fourth-order valence-electron chi connectivity index (χ4n) is 2.22. The highest BCUT2D eigenvalue weighted by Gasteiger charge is 2.32. The monoisotopic (exact) mass is 316 g/mol. The minimum absolute atomic E-state index is 0.0105. The number of nitrogen functional groups attached to an aromatic ring is 1. The van der Waals surface area contributed by atoms with E-state index in [1.165, 1.54) is 15.2 Å². The van der Waals surface area contributed by atoms with E-state index in [2.05, 4.69) is 10.4 Å². The Labute approximate surface area is 123 Å². The number of urea groups is 1. The van der Waals surface area contributed by atoms with E-state index in [4.69, 9.17) is 5.73 Å². The van der Waals surface area contributed by atoms with Gasteiger partial charge in [-0.15, -0.1) is 0 Å². The number of carbonyl (C=O) groups excluding carboxylic acids is 1. The van der Waals surface area contributed by atoms with Gasteiger partial charge in [0.15, 0.2) is 5.82 Å². The second-order valence-electron chi connectivity index (χ2n) is 4.78. The largest absolute Gasteiger partial charge is 0.381 e. The Hall–Kier alpha value is -1.81. The molecule has 2 amide bonds. The van der Waals surface area contributed by atoms with Crippen LogP contribution in [0.15, 0.2) is 11.1 Å². The number of sulfonamides is 1. The third-order valence-corrected chi connectivity index (χ3v) is 5.21. The van der Waals surface area contributed by atoms with Gasteiger partial charge in [0, 0.05) is 46.0 Å². The van der Waals surface area contributed by atoms with Gasteiger partial charge in [0.05, 0.1) is 0 Å². The third-order valence-electron chi connectivity index (χ3n) is 3.29. The standard InChI is InChI=1S/C11H20N6O3S/c1-3-13-11(18)16-4-6-17(7-5-16)21(19,20)9-8-15(2)14-10(9)12/h8H,3-7H2,1-2H3,(H2,12,14)(H,13,18). The maximum absolute atomic E-state index is 12.5. The third kappa shape index (κ3) is 3.10. The lowest BCUT2D eigenvalue weighted by Gasteiger charge is -2.33. The van der Waals surface area contributed by atoms with Gasteiger partial charge in [0.1, 0.15) is 4.90 Å². The van der Waals surface area contributed by atoms with E-state index in [1.54, 1.807) is 11.9 Å². The summed E-state index contributed by atoms with van der Waals surface area (Å²) >= 11 is 0. The van der Waals surface area contributed by atoms with Crippen molar-refractivity contribution in [1.82, 2.24) is 24.3 Å².